The zero-order chi connectivity index (χ0) is 21.1. The Morgan fingerprint density at radius 2 is 2.17 bits per heavy atom. The Hall–Kier alpha value is -2.48. The van der Waals surface area contributed by atoms with E-state index in [9.17, 15) is 4.79 Å². The van der Waals surface area contributed by atoms with Crippen molar-refractivity contribution in [1.82, 2.24) is 15.3 Å². The van der Waals surface area contributed by atoms with Gasteiger partial charge in [0.25, 0.3) is 5.91 Å². The molecule has 1 aromatic carbocycles. The summed E-state index contributed by atoms with van der Waals surface area (Å²) in [5.74, 6) is 0.431. The maximum atomic E-state index is 13.0. The van der Waals surface area contributed by atoms with Gasteiger partial charge in [0.05, 0.1) is 30.0 Å². The van der Waals surface area contributed by atoms with Gasteiger partial charge >= 0.3 is 0 Å². The number of nitrogens with zero attached hydrogens (tertiary/aromatic N) is 2. The highest BCUT2D eigenvalue weighted by atomic mass is 35.5. The van der Waals surface area contributed by atoms with Crippen molar-refractivity contribution in [2.45, 2.75) is 32.4 Å². The molecule has 0 radical (unpaired) electrons. The van der Waals surface area contributed by atoms with Crippen LogP contribution in [0.4, 0.5) is 0 Å². The Kier molecular flexibility index (Phi) is 6.32. The smallest absolute Gasteiger partial charge is 0.251 e. The molecule has 0 spiro atoms. The van der Waals surface area contributed by atoms with Crippen molar-refractivity contribution in [3.63, 3.8) is 0 Å². The second-order valence-corrected chi connectivity index (χ2v) is 8.89. The molecular formula is C22H22ClN3O3S. The van der Waals surface area contributed by atoms with E-state index in [1.807, 2.05) is 32.2 Å². The highest BCUT2D eigenvalue weighted by molar-refractivity contribution is 7.14. The molecule has 2 atom stereocenters. The second kappa shape index (κ2) is 9.12. The highest BCUT2D eigenvalue weighted by Gasteiger charge is 2.20. The minimum atomic E-state index is -0.270. The van der Waals surface area contributed by atoms with E-state index < -0.39 is 0 Å². The van der Waals surface area contributed by atoms with Crippen LogP contribution in [0.1, 0.15) is 40.3 Å². The van der Waals surface area contributed by atoms with Crippen molar-refractivity contribution in [2.24, 2.45) is 0 Å². The molecule has 1 N–H and O–H groups in total. The molecule has 1 saturated heterocycles. The first-order valence-electron chi connectivity index (χ1n) is 9.72. The number of aromatic nitrogens is 2. The van der Waals surface area contributed by atoms with Crippen LogP contribution in [-0.2, 0) is 4.74 Å². The van der Waals surface area contributed by atoms with E-state index in [1.54, 1.807) is 35.7 Å². The third kappa shape index (κ3) is 4.98. The van der Waals surface area contributed by atoms with Gasteiger partial charge in [-0.2, -0.15) is 0 Å². The van der Waals surface area contributed by atoms with Crippen molar-refractivity contribution in [1.29, 1.82) is 0 Å². The summed E-state index contributed by atoms with van der Waals surface area (Å²) in [6.45, 7) is 5.14. The number of halogens is 1. The molecule has 2 aromatic heterocycles. The molecule has 0 unspecified atom stereocenters. The quantitative estimate of drug-likeness (QED) is 0.590. The standard InChI is InChI=1S/C22H22ClN3O3S/c1-13-10-25-22(30-13)16-7-15(8-19(9-16)29-18-5-6-28-12-18)21(27)26-14(2)20-4-3-17(23)11-24-20/h3-4,7-11,14,18H,5-6,12H2,1-2H3,(H,26,27)/t14-,18-/m1/s1. The van der Waals surface area contributed by atoms with Crippen LogP contribution in [-0.4, -0.2) is 35.2 Å². The summed E-state index contributed by atoms with van der Waals surface area (Å²) in [6, 6.07) is 8.82. The van der Waals surface area contributed by atoms with E-state index in [0.29, 0.717) is 29.5 Å². The van der Waals surface area contributed by atoms with Crippen molar-refractivity contribution in [3.05, 3.63) is 63.9 Å². The number of hydrogen-bond donors (Lipinski definition) is 1. The van der Waals surface area contributed by atoms with Gasteiger partial charge in [0, 0.05) is 34.8 Å². The fourth-order valence-corrected chi connectivity index (χ4v) is 4.07. The van der Waals surface area contributed by atoms with Crippen LogP contribution in [0, 0.1) is 6.92 Å². The number of thiazole rings is 1. The van der Waals surface area contributed by atoms with Gasteiger partial charge in [-0.25, -0.2) is 4.98 Å². The normalized spacial score (nSPS) is 17.0. The molecule has 3 aromatic rings. The van der Waals surface area contributed by atoms with E-state index in [-0.39, 0.29) is 18.1 Å². The van der Waals surface area contributed by atoms with E-state index >= 15 is 0 Å². The van der Waals surface area contributed by atoms with Crippen molar-refractivity contribution in [3.8, 4) is 16.3 Å². The minimum absolute atomic E-state index is 0.00798. The lowest BCUT2D eigenvalue weighted by molar-refractivity contribution is 0.0938. The summed E-state index contributed by atoms with van der Waals surface area (Å²) < 4.78 is 11.5. The number of amides is 1. The highest BCUT2D eigenvalue weighted by Crippen LogP contribution is 2.30. The Balaban J connectivity index is 1.59. The fourth-order valence-electron chi connectivity index (χ4n) is 3.21. The van der Waals surface area contributed by atoms with Gasteiger partial charge in [0.1, 0.15) is 16.9 Å². The first-order valence-corrected chi connectivity index (χ1v) is 10.9. The van der Waals surface area contributed by atoms with Gasteiger partial charge in [-0.15, -0.1) is 11.3 Å². The predicted octanol–water partition coefficient (Wildman–Crippen LogP) is 4.83. The molecule has 3 heterocycles. The van der Waals surface area contributed by atoms with Gasteiger partial charge in [0.2, 0.25) is 0 Å². The minimum Gasteiger partial charge on any atom is -0.488 e. The van der Waals surface area contributed by atoms with Gasteiger partial charge in [0.15, 0.2) is 0 Å². The maximum Gasteiger partial charge on any atom is 0.251 e. The SMILES string of the molecule is Cc1cnc(-c2cc(O[C@@H]3CCOC3)cc(C(=O)N[C@H](C)c3ccc(Cl)cn3)c2)s1. The molecule has 1 amide bonds. The summed E-state index contributed by atoms with van der Waals surface area (Å²) in [6.07, 6.45) is 4.22. The number of nitrogens with one attached hydrogen (secondary N) is 1. The molecule has 1 aliphatic rings. The Bertz CT molecular complexity index is 1030. The third-order valence-corrected chi connectivity index (χ3v) is 5.95. The number of rotatable bonds is 6. The molecule has 0 aliphatic carbocycles. The molecule has 30 heavy (non-hydrogen) atoms. The van der Waals surface area contributed by atoms with Crippen molar-refractivity contribution < 1.29 is 14.3 Å². The molecule has 1 aliphatic heterocycles. The lowest BCUT2D eigenvalue weighted by atomic mass is 10.1. The second-order valence-electron chi connectivity index (χ2n) is 7.22. The maximum absolute atomic E-state index is 13.0. The average Bonchev–Trinajstić information content (AvgIpc) is 3.40. The zero-order valence-electron chi connectivity index (χ0n) is 16.7. The summed E-state index contributed by atoms with van der Waals surface area (Å²) in [7, 11) is 0. The van der Waals surface area contributed by atoms with Crippen LogP contribution >= 0.6 is 22.9 Å². The van der Waals surface area contributed by atoms with E-state index in [2.05, 4.69) is 15.3 Å². The number of benzene rings is 1. The van der Waals surface area contributed by atoms with Crippen molar-refractivity contribution in [2.75, 3.05) is 13.2 Å². The fraction of sp³-hybridized carbons (Fsp3) is 0.318. The monoisotopic (exact) mass is 443 g/mol. The molecule has 156 valence electrons. The zero-order valence-corrected chi connectivity index (χ0v) is 18.3. The van der Waals surface area contributed by atoms with E-state index in [1.165, 1.54) is 0 Å². The van der Waals surface area contributed by atoms with Gasteiger partial charge in [-0.1, -0.05) is 11.6 Å². The van der Waals surface area contributed by atoms with E-state index in [4.69, 9.17) is 21.1 Å². The number of aryl methyl sites for hydroxylation is 1. The molecule has 0 saturated carbocycles. The molecule has 0 bridgehead atoms. The molecule has 4 rings (SSSR count). The van der Waals surface area contributed by atoms with Gasteiger partial charge in [-0.3, -0.25) is 9.78 Å². The number of pyridine rings is 1. The van der Waals surface area contributed by atoms with Gasteiger partial charge in [-0.05, 0) is 44.2 Å². The Morgan fingerprint density at radius 3 is 2.83 bits per heavy atom. The lowest BCUT2D eigenvalue weighted by Gasteiger charge is -2.16. The van der Waals surface area contributed by atoms with E-state index in [0.717, 1.165) is 27.6 Å². The number of hydrogen-bond acceptors (Lipinski definition) is 6. The number of carbonyl (C=O) groups excluding carboxylic acids is 1. The lowest BCUT2D eigenvalue weighted by Crippen LogP contribution is -2.27. The summed E-state index contributed by atoms with van der Waals surface area (Å²) in [5, 5.41) is 4.40. The molecule has 1 fully saturated rings. The van der Waals surface area contributed by atoms with Crippen LogP contribution in [0.2, 0.25) is 5.02 Å². The summed E-state index contributed by atoms with van der Waals surface area (Å²) in [4.78, 5) is 22.9. The van der Waals surface area contributed by atoms with Crippen molar-refractivity contribution >= 4 is 28.8 Å². The average molecular weight is 444 g/mol. The summed E-state index contributed by atoms with van der Waals surface area (Å²) >= 11 is 7.48. The third-order valence-electron chi connectivity index (χ3n) is 4.77. The predicted molar refractivity (Wildman–Crippen MR) is 117 cm³/mol. The van der Waals surface area contributed by atoms with Crippen LogP contribution in [0.15, 0.2) is 42.7 Å². The van der Waals surface area contributed by atoms with Crippen LogP contribution in [0.25, 0.3) is 10.6 Å². The van der Waals surface area contributed by atoms with Gasteiger partial charge < -0.3 is 14.8 Å². The Labute approximate surface area is 184 Å². The van der Waals surface area contributed by atoms with Crippen LogP contribution in [0.3, 0.4) is 0 Å². The number of ether oxygens (including phenoxy) is 2. The largest absolute Gasteiger partial charge is 0.488 e. The first-order chi connectivity index (χ1) is 14.5. The first kappa shape index (κ1) is 20.8. The molecular weight excluding hydrogens is 422 g/mol. The van der Waals surface area contributed by atoms with Crippen LogP contribution in [0.5, 0.6) is 5.75 Å². The number of carbonyl (C=O) groups is 1. The molecule has 8 heteroatoms. The van der Waals surface area contributed by atoms with Crippen LogP contribution < -0.4 is 10.1 Å². The topological polar surface area (TPSA) is 73.3 Å². The molecule has 6 nitrogen and oxygen atoms in total. The Morgan fingerprint density at radius 1 is 1.30 bits per heavy atom. The summed E-state index contributed by atoms with van der Waals surface area (Å²) in [5.41, 5.74) is 2.10.